The van der Waals surface area contributed by atoms with Crippen molar-refractivity contribution < 1.29 is 18.6 Å². The van der Waals surface area contributed by atoms with E-state index in [4.69, 9.17) is 4.74 Å². The normalized spacial score (nSPS) is 25.9. The van der Waals surface area contributed by atoms with Gasteiger partial charge in [0.1, 0.15) is 17.4 Å². The maximum Gasteiger partial charge on any atom is 0.129 e. The van der Waals surface area contributed by atoms with E-state index in [0.29, 0.717) is 12.5 Å². The lowest BCUT2D eigenvalue weighted by Crippen LogP contribution is -2.49. The van der Waals surface area contributed by atoms with Crippen LogP contribution in [0.3, 0.4) is 0 Å². The Hall–Kier alpha value is -1.20. The molecule has 1 aromatic rings. The Bertz CT molecular complexity index is 429. The molecule has 0 aromatic heterocycles. The molecule has 2 atom stereocenters. The number of benzene rings is 1. The van der Waals surface area contributed by atoms with Gasteiger partial charge in [0.05, 0.1) is 13.2 Å². The van der Waals surface area contributed by atoms with Crippen LogP contribution in [0.4, 0.5) is 8.78 Å². The largest absolute Gasteiger partial charge is 0.493 e. The summed E-state index contributed by atoms with van der Waals surface area (Å²) in [5.41, 5.74) is -0.240. The second kappa shape index (κ2) is 6.50. The molecule has 112 valence electrons. The highest BCUT2D eigenvalue weighted by atomic mass is 19.1. The van der Waals surface area contributed by atoms with E-state index in [2.05, 4.69) is 5.32 Å². The predicted octanol–water partition coefficient (Wildman–Crippen LogP) is 2.48. The molecule has 2 unspecified atom stereocenters. The van der Waals surface area contributed by atoms with E-state index in [-0.39, 0.29) is 17.9 Å². The molecule has 0 spiro atoms. The van der Waals surface area contributed by atoms with Crippen molar-refractivity contribution in [3.8, 4) is 5.75 Å². The Balaban J connectivity index is 1.89. The van der Waals surface area contributed by atoms with Gasteiger partial charge in [-0.3, -0.25) is 0 Å². The molecule has 1 aliphatic carbocycles. The summed E-state index contributed by atoms with van der Waals surface area (Å²) in [5.74, 6) is -0.753. The molecule has 1 aliphatic rings. The number of hydrogen-bond donors (Lipinski definition) is 2. The number of halogens is 2. The summed E-state index contributed by atoms with van der Waals surface area (Å²) < 4.78 is 31.5. The molecule has 0 aliphatic heterocycles. The molecule has 2 N–H and O–H groups in total. The molecule has 0 saturated heterocycles. The minimum absolute atomic E-state index is 0.1000. The molecule has 0 radical (unpaired) electrons. The third-order valence-electron chi connectivity index (χ3n) is 4.31. The zero-order valence-electron chi connectivity index (χ0n) is 11.7. The number of aliphatic hydroxyl groups is 1. The van der Waals surface area contributed by atoms with Crippen LogP contribution in [-0.4, -0.2) is 30.9 Å². The summed E-state index contributed by atoms with van der Waals surface area (Å²) in [4.78, 5) is 0. The average molecular weight is 285 g/mol. The molecule has 5 heteroatoms. The Kier molecular flexibility index (Phi) is 4.94. The Morgan fingerprint density at radius 1 is 1.35 bits per heavy atom. The summed E-state index contributed by atoms with van der Waals surface area (Å²) in [5, 5.41) is 12.8. The molecule has 0 bridgehead atoms. The van der Waals surface area contributed by atoms with Crippen LogP contribution in [0.2, 0.25) is 0 Å². The Labute approximate surface area is 117 Å². The van der Waals surface area contributed by atoms with Crippen molar-refractivity contribution in [1.82, 2.24) is 5.32 Å². The first kappa shape index (κ1) is 15.2. The number of ether oxygens (including phenoxy) is 1. The summed E-state index contributed by atoms with van der Waals surface area (Å²) in [6, 6.07) is 3.17. The number of hydrogen-bond acceptors (Lipinski definition) is 3. The lowest BCUT2D eigenvalue weighted by atomic mass is 9.86. The fourth-order valence-corrected chi connectivity index (χ4v) is 3.11. The Morgan fingerprint density at radius 2 is 2.05 bits per heavy atom. The second-order valence-electron chi connectivity index (χ2n) is 5.40. The maximum atomic E-state index is 13.0. The Morgan fingerprint density at radius 3 is 2.65 bits per heavy atom. The standard InChI is InChI=1S/C15H21F2NO2/c1-18-15(10-19)5-2-3-11(15)4-6-20-14-8-12(16)7-13(17)9-14/h7-9,11,18-19H,2-6,10H2,1H3. The van der Waals surface area contributed by atoms with Gasteiger partial charge in [-0.1, -0.05) is 6.42 Å². The molecule has 0 amide bonds. The average Bonchev–Trinajstić information content (AvgIpc) is 2.81. The van der Waals surface area contributed by atoms with Crippen LogP contribution in [0.1, 0.15) is 25.7 Å². The third-order valence-corrected chi connectivity index (χ3v) is 4.31. The summed E-state index contributed by atoms with van der Waals surface area (Å²) in [7, 11) is 1.86. The highest BCUT2D eigenvalue weighted by Gasteiger charge is 2.40. The van der Waals surface area contributed by atoms with Gasteiger partial charge in [-0.2, -0.15) is 0 Å². The lowest BCUT2D eigenvalue weighted by Gasteiger charge is -2.33. The van der Waals surface area contributed by atoms with E-state index in [9.17, 15) is 13.9 Å². The molecular weight excluding hydrogens is 264 g/mol. The number of aliphatic hydroxyl groups excluding tert-OH is 1. The first-order valence-electron chi connectivity index (χ1n) is 6.98. The van der Waals surface area contributed by atoms with Crippen molar-refractivity contribution in [3.63, 3.8) is 0 Å². The smallest absolute Gasteiger partial charge is 0.129 e. The van der Waals surface area contributed by atoms with Gasteiger partial charge >= 0.3 is 0 Å². The van der Waals surface area contributed by atoms with Crippen LogP contribution < -0.4 is 10.1 Å². The van der Waals surface area contributed by atoms with E-state index in [0.717, 1.165) is 31.7 Å². The van der Waals surface area contributed by atoms with Gasteiger partial charge < -0.3 is 15.2 Å². The SMILES string of the molecule is CNC1(CO)CCCC1CCOc1cc(F)cc(F)c1. The van der Waals surface area contributed by atoms with Gasteiger partial charge in [0.15, 0.2) is 0 Å². The van der Waals surface area contributed by atoms with Crippen molar-refractivity contribution >= 4 is 0 Å². The minimum Gasteiger partial charge on any atom is -0.493 e. The first-order chi connectivity index (χ1) is 9.59. The predicted molar refractivity (Wildman–Crippen MR) is 72.7 cm³/mol. The monoisotopic (exact) mass is 285 g/mol. The van der Waals surface area contributed by atoms with Crippen LogP contribution in [-0.2, 0) is 0 Å². The maximum absolute atomic E-state index is 13.0. The molecule has 0 heterocycles. The van der Waals surface area contributed by atoms with E-state index in [1.165, 1.54) is 12.1 Å². The summed E-state index contributed by atoms with van der Waals surface area (Å²) in [6.07, 6.45) is 3.79. The van der Waals surface area contributed by atoms with Crippen molar-refractivity contribution in [2.45, 2.75) is 31.2 Å². The van der Waals surface area contributed by atoms with Crippen molar-refractivity contribution in [3.05, 3.63) is 29.8 Å². The van der Waals surface area contributed by atoms with Crippen LogP contribution >= 0.6 is 0 Å². The van der Waals surface area contributed by atoms with Gasteiger partial charge in [0.25, 0.3) is 0 Å². The number of nitrogens with one attached hydrogen (secondary N) is 1. The van der Waals surface area contributed by atoms with Gasteiger partial charge in [-0.05, 0) is 32.2 Å². The number of likely N-dealkylation sites (N-methyl/N-ethyl adjacent to an activating group) is 1. The number of rotatable bonds is 6. The van der Waals surface area contributed by atoms with Gasteiger partial charge in [-0.15, -0.1) is 0 Å². The van der Waals surface area contributed by atoms with E-state index >= 15 is 0 Å². The first-order valence-corrected chi connectivity index (χ1v) is 6.98. The van der Waals surface area contributed by atoms with Crippen LogP contribution in [0.25, 0.3) is 0 Å². The zero-order chi connectivity index (χ0) is 14.6. The minimum atomic E-state index is -0.638. The van der Waals surface area contributed by atoms with E-state index < -0.39 is 11.6 Å². The molecule has 1 aromatic carbocycles. The molecule has 1 saturated carbocycles. The lowest BCUT2D eigenvalue weighted by molar-refractivity contribution is 0.117. The highest BCUT2D eigenvalue weighted by molar-refractivity contribution is 5.23. The molecule has 20 heavy (non-hydrogen) atoms. The topological polar surface area (TPSA) is 41.5 Å². The molecule has 2 rings (SSSR count). The van der Waals surface area contributed by atoms with Gasteiger partial charge in [0.2, 0.25) is 0 Å². The van der Waals surface area contributed by atoms with Crippen molar-refractivity contribution in [2.75, 3.05) is 20.3 Å². The fourth-order valence-electron chi connectivity index (χ4n) is 3.11. The van der Waals surface area contributed by atoms with E-state index in [1.54, 1.807) is 0 Å². The van der Waals surface area contributed by atoms with Crippen LogP contribution in [0.5, 0.6) is 5.75 Å². The zero-order valence-corrected chi connectivity index (χ0v) is 11.7. The highest BCUT2D eigenvalue weighted by Crippen LogP contribution is 2.37. The summed E-state index contributed by atoms with van der Waals surface area (Å²) >= 11 is 0. The van der Waals surface area contributed by atoms with Crippen molar-refractivity contribution in [2.24, 2.45) is 5.92 Å². The third kappa shape index (κ3) is 3.27. The van der Waals surface area contributed by atoms with Crippen LogP contribution in [0.15, 0.2) is 18.2 Å². The molecular formula is C15H21F2NO2. The quantitative estimate of drug-likeness (QED) is 0.843. The summed E-state index contributed by atoms with van der Waals surface area (Å²) in [6.45, 7) is 0.486. The van der Waals surface area contributed by atoms with Gasteiger partial charge in [-0.25, -0.2) is 8.78 Å². The fraction of sp³-hybridized carbons (Fsp3) is 0.600. The molecule has 3 nitrogen and oxygen atoms in total. The van der Waals surface area contributed by atoms with E-state index in [1.807, 2.05) is 7.05 Å². The van der Waals surface area contributed by atoms with Crippen LogP contribution in [0, 0.1) is 17.6 Å². The second-order valence-corrected chi connectivity index (χ2v) is 5.40. The van der Waals surface area contributed by atoms with Crippen molar-refractivity contribution in [1.29, 1.82) is 0 Å². The van der Waals surface area contributed by atoms with Gasteiger partial charge in [0, 0.05) is 23.7 Å². The molecule has 1 fully saturated rings.